The molecule has 74 valence electrons. The Kier molecular flexibility index (Phi) is 5.37. The Morgan fingerprint density at radius 2 is 2.23 bits per heavy atom. The molecule has 0 atom stereocenters. The molecule has 5 heteroatoms. The zero-order chi connectivity index (χ0) is 8.97. The SMILES string of the molecule is COc1cc(CNN)ccc1F.[Cl-]. The molecule has 0 aromatic heterocycles. The van der Waals surface area contributed by atoms with Crippen molar-refractivity contribution in [3.8, 4) is 5.75 Å². The van der Waals surface area contributed by atoms with Gasteiger partial charge in [-0.3, -0.25) is 11.3 Å². The van der Waals surface area contributed by atoms with Crippen LogP contribution in [0.25, 0.3) is 0 Å². The Morgan fingerprint density at radius 3 is 2.77 bits per heavy atom. The van der Waals surface area contributed by atoms with Gasteiger partial charge in [0.05, 0.1) is 7.11 Å². The maximum Gasteiger partial charge on any atom is 0.165 e. The van der Waals surface area contributed by atoms with Gasteiger partial charge >= 0.3 is 0 Å². The van der Waals surface area contributed by atoms with E-state index in [1.165, 1.54) is 13.2 Å². The second-order valence-electron chi connectivity index (χ2n) is 2.35. The molecule has 0 unspecified atom stereocenters. The van der Waals surface area contributed by atoms with Crippen molar-refractivity contribution in [1.29, 1.82) is 0 Å². The Labute approximate surface area is 82.5 Å². The molecule has 0 aliphatic carbocycles. The first-order valence-corrected chi connectivity index (χ1v) is 3.54. The predicted molar refractivity (Wildman–Crippen MR) is 44.0 cm³/mol. The van der Waals surface area contributed by atoms with Gasteiger partial charge in [-0.2, -0.15) is 0 Å². The molecule has 0 radical (unpaired) electrons. The molecule has 0 heterocycles. The van der Waals surface area contributed by atoms with E-state index in [4.69, 9.17) is 10.6 Å². The molecule has 3 nitrogen and oxygen atoms in total. The maximum absolute atomic E-state index is 12.8. The van der Waals surface area contributed by atoms with E-state index in [-0.39, 0.29) is 24.0 Å². The monoisotopic (exact) mass is 205 g/mol. The minimum Gasteiger partial charge on any atom is -1.00 e. The highest BCUT2D eigenvalue weighted by Crippen LogP contribution is 2.17. The quantitative estimate of drug-likeness (QED) is 0.435. The molecule has 0 spiro atoms. The van der Waals surface area contributed by atoms with E-state index in [1.807, 2.05) is 0 Å². The molecule has 1 aromatic rings. The van der Waals surface area contributed by atoms with Crippen LogP contribution in [0.2, 0.25) is 0 Å². The van der Waals surface area contributed by atoms with Gasteiger partial charge in [0.15, 0.2) is 11.6 Å². The molecule has 1 aromatic carbocycles. The van der Waals surface area contributed by atoms with Gasteiger partial charge < -0.3 is 17.1 Å². The minimum absolute atomic E-state index is 0. The number of nitrogens with two attached hydrogens (primary N) is 1. The Bertz CT molecular complexity index is 270. The second kappa shape index (κ2) is 5.75. The second-order valence-corrected chi connectivity index (χ2v) is 2.35. The van der Waals surface area contributed by atoms with E-state index < -0.39 is 0 Å². The van der Waals surface area contributed by atoms with Crippen LogP contribution in [-0.4, -0.2) is 7.11 Å². The lowest BCUT2D eigenvalue weighted by Crippen LogP contribution is -3.00. The lowest BCUT2D eigenvalue weighted by Gasteiger charge is -2.04. The van der Waals surface area contributed by atoms with Crippen molar-refractivity contribution >= 4 is 0 Å². The summed E-state index contributed by atoms with van der Waals surface area (Å²) in [5.41, 5.74) is 3.36. The highest BCUT2D eigenvalue weighted by molar-refractivity contribution is 5.30. The van der Waals surface area contributed by atoms with Crippen LogP contribution in [0.15, 0.2) is 18.2 Å². The van der Waals surface area contributed by atoms with Crippen molar-refractivity contribution in [2.75, 3.05) is 7.11 Å². The molecular formula is C8H11ClFN2O-. The van der Waals surface area contributed by atoms with E-state index in [1.54, 1.807) is 12.1 Å². The van der Waals surface area contributed by atoms with Crippen LogP contribution < -0.4 is 28.4 Å². The van der Waals surface area contributed by atoms with Gasteiger partial charge in [0.1, 0.15) is 0 Å². The average Bonchev–Trinajstić information content (AvgIpc) is 2.09. The normalized spacial score (nSPS) is 9.15. The average molecular weight is 206 g/mol. The molecule has 0 fully saturated rings. The fourth-order valence-electron chi connectivity index (χ4n) is 0.932. The van der Waals surface area contributed by atoms with Crippen molar-refractivity contribution in [1.82, 2.24) is 5.43 Å². The van der Waals surface area contributed by atoms with Crippen LogP contribution in [0.5, 0.6) is 5.75 Å². The third-order valence-corrected chi connectivity index (χ3v) is 1.52. The zero-order valence-corrected chi connectivity index (χ0v) is 7.94. The summed E-state index contributed by atoms with van der Waals surface area (Å²) < 4.78 is 17.6. The van der Waals surface area contributed by atoms with Crippen LogP contribution in [0.1, 0.15) is 5.56 Å². The van der Waals surface area contributed by atoms with Gasteiger partial charge in [-0.25, -0.2) is 4.39 Å². The molecule has 0 saturated carbocycles. The summed E-state index contributed by atoms with van der Waals surface area (Å²) in [5.74, 6) is 4.98. The molecule has 13 heavy (non-hydrogen) atoms. The van der Waals surface area contributed by atoms with Gasteiger partial charge in [-0.05, 0) is 17.7 Å². The van der Waals surface area contributed by atoms with Crippen LogP contribution in [0.4, 0.5) is 4.39 Å². The highest BCUT2D eigenvalue weighted by Gasteiger charge is 2.01. The number of benzene rings is 1. The first kappa shape index (κ1) is 12.2. The van der Waals surface area contributed by atoms with Gasteiger partial charge in [-0.1, -0.05) is 6.07 Å². The Hall–Kier alpha value is -0.840. The number of nitrogens with one attached hydrogen (secondary N) is 1. The summed E-state index contributed by atoms with van der Waals surface area (Å²) in [5, 5.41) is 0. The van der Waals surface area contributed by atoms with Crippen molar-refractivity contribution in [2.45, 2.75) is 6.54 Å². The van der Waals surface area contributed by atoms with Crippen LogP contribution in [0, 0.1) is 5.82 Å². The van der Waals surface area contributed by atoms with Crippen molar-refractivity contribution in [3.63, 3.8) is 0 Å². The lowest BCUT2D eigenvalue weighted by atomic mass is 10.2. The zero-order valence-electron chi connectivity index (χ0n) is 7.18. The highest BCUT2D eigenvalue weighted by atomic mass is 35.5. The number of rotatable bonds is 3. The largest absolute Gasteiger partial charge is 1.00 e. The van der Waals surface area contributed by atoms with Crippen LogP contribution >= 0.6 is 0 Å². The maximum atomic E-state index is 12.8. The Balaban J connectivity index is 0.00000144. The Morgan fingerprint density at radius 1 is 1.54 bits per heavy atom. The number of ether oxygens (including phenoxy) is 1. The summed E-state index contributed by atoms with van der Waals surface area (Å²) in [7, 11) is 1.43. The van der Waals surface area contributed by atoms with Crippen molar-refractivity contribution in [3.05, 3.63) is 29.6 Å². The topological polar surface area (TPSA) is 47.3 Å². The van der Waals surface area contributed by atoms with E-state index in [0.717, 1.165) is 5.56 Å². The van der Waals surface area contributed by atoms with Gasteiger partial charge in [0.2, 0.25) is 0 Å². The fourth-order valence-corrected chi connectivity index (χ4v) is 0.932. The fraction of sp³-hybridized carbons (Fsp3) is 0.250. The summed E-state index contributed by atoms with van der Waals surface area (Å²) in [6.45, 7) is 0.497. The molecule has 0 amide bonds. The molecular weight excluding hydrogens is 195 g/mol. The van der Waals surface area contributed by atoms with E-state index in [0.29, 0.717) is 6.54 Å². The number of hydrazine groups is 1. The molecule has 0 saturated heterocycles. The number of methoxy groups -OCH3 is 1. The summed E-state index contributed by atoms with van der Waals surface area (Å²) in [6.07, 6.45) is 0. The molecule has 0 bridgehead atoms. The number of hydrogen-bond acceptors (Lipinski definition) is 3. The molecule has 3 N–H and O–H groups in total. The third kappa shape index (κ3) is 3.18. The van der Waals surface area contributed by atoms with Crippen LogP contribution in [-0.2, 0) is 6.54 Å². The minimum atomic E-state index is -0.363. The number of halogens is 2. The predicted octanol–water partition coefficient (Wildman–Crippen LogP) is -2.20. The number of hydrogen-bond donors (Lipinski definition) is 2. The van der Waals surface area contributed by atoms with Crippen molar-refractivity contribution in [2.24, 2.45) is 5.84 Å². The van der Waals surface area contributed by atoms with E-state index in [2.05, 4.69) is 5.43 Å². The standard InChI is InChI=1S/C8H11FN2O.ClH/c1-12-8-4-6(5-11-10)2-3-7(8)9;/h2-4,11H,5,10H2,1H3;1H/p-1. The third-order valence-electron chi connectivity index (χ3n) is 1.52. The van der Waals surface area contributed by atoms with Gasteiger partial charge in [0, 0.05) is 6.54 Å². The van der Waals surface area contributed by atoms with E-state index >= 15 is 0 Å². The first-order valence-electron chi connectivity index (χ1n) is 3.54. The van der Waals surface area contributed by atoms with Gasteiger partial charge in [0.25, 0.3) is 0 Å². The van der Waals surface area contributed by atoms with E-state index in [9.17, 15) is 4.39 Å². The van der Waals surface area contributed by atoms with Crippen LogP contribution in [0.3, 0.4) is 0 Å². The molecule has 0 aliphatic heterocycles. The summed E-state index contributed by atoms with van der Waals surface area (Å²) in [4.78, 5) is 0. The summed E-state index contributed by atoms with van der Waals surface area (Å²) >= 11 is 0. The lowest BCUT2D eigenvalue weighted by molar-refractivity contribution is -0.00000341. The summed E-state index contributed by atoms with van der Waals surface area (Å²) in [6, 6.07) is 4.61. The van der Waals surface area contributed by atoms with Crippen molar-refractivity contribution < 1.29 is 21.5 Å². The smallest absolute Gasteiger partial charge is 0.165 e. The van der Waals surface area contributed by atoms with Gasteiger partial charge in [-0.15, -0.1) is 0 Å². The molecule has 1 rings (SSSR count). The molecule has 0 aliphatic rings. The first-order chi connectivity index (χ1) is 5.77.